The fourth-order valence-electron chi connectivity index (χ4n) is 3.48. The molecule has 0 fully saturated rings. The molecule has 0 unspecified atom stereocenters. The van der Waals surface area contributed by atoms with Gasteiger partial charge in [0.25, 0.3) is 17.7 Å². The third-order valence-corrected chi connectivity index (χ3v) is 6.12. The van der Waals surface area contributed by atoms with Crippen molar-refractivity contribution in [1.29, 1.82) is 0 Å². The number of nitrogens with zero attached hydrogens (tertiary/aromatic N) is 2. The van der Waals surface area contributed by atoms with E-state index >= 15 is 0 Å². The molecule has 0 N–H and O–H groups in total. The van der Waals surface area contributed by atoms with E-state index in [1.54, 1.807) is 47.4 Å². The third-order valence-electron chi connectivity index (χ3n) is 5.01. The molecule has 2 aromatic carbocycles. The second-order valence-corrected chi connectivity index (χ2v) is 8.31. The maximum Gasteiger partial charge on any atom is 0.268 e. The molecule has 3 aromatic rings. The zero-order valence-electron chi connectivity index (χ0n) is 16.1. The number of anilines is 1. The van der Waals surface area contributed by atoms with E-state index in [1.165, 1.54) is 16.2 Å². The van der Waals surface area contributed by atoms with Gasteiger partial charge >= 0.3 is 0 Å². The minimum Gasteiger partial charge on any atom is -0.308 e. The highest BCUT2D eigenvalue weighted by atomic mass is 35.5. The minimum absolute atomic E-state index is 0.0759. The quantitative estimate of drug-likeness (QED) is 0.379. The monoisotopic (exact) mass is 438 g/mol. The number of halogens is 1. The van der Waals surface area contributed by atoms with Crippen molar-refractivity contribution in [1.82, 2.24) is 4.90 Å². The number of hydrogen-bond donors (Lipinski definition) is 0. The van der Waals surface area contributed by atoms with Gasteiger partial charge in [0.1, 0.15) is 0 Å². The van der Waals surface area contributed by atoms with Crippen molar-refractivity contribution < 1.29 is 14.4 Å². The van der Waals surface area contributed by atoms with Gasteiger partial charge < -0.3 is 4.90 Å². The number of carbonyl (C=O) groups excluding carboxylic acids is 3. The van der Waals surface area contributed by atoms with Crippen LogP contribution in [0.1, 0.15) is 43.2 Å². The number of hydrogen-bond acceptors (Lipinski definition) is 4. The van der Waals surface area contributed by atoms with Crippen LogP contribution in [0.4, 0.5) is 5.69 Å². The van der Waals surface area contributed by atoms with Crippen LogP contribution < -0.4 is 4.90 Å². The predicted octanol–water partition coefficient (Wildman–Crippen LogP) is 5.12. The first-order chi connectivity index (χ1) is 14.6. The molecule has 0 saturated carbocycles. The van der Waals surface area contributed by atoms with Gasteiger partial charge in [-0.05, 0) is 60.7 Å². The maximum atomic E-state index is 13.0. The Morgan fingerprint density at radius 3 is 2.17 bits per heavy atom. The lowest BCUT2D eigenvalue weighted by molar-refractivity contribution is 0.0651. The summed E-state index contributed by atoms with van der Waals surface area (Å²) in [5.41, 5.74) is 1.68. The van der Waals surface area contributed by atoms with Crippen LogP contribution >= 0.6 is 22.9 Å². The lowest BCUT2D eigenvalue weighted by atomic mass is 10.1. The lowest BCUT2D eigenvalue weighted by Crippen LogP contribution is -2.33. The van der Waals surface area contributed by atoms with Crippen molar-refractivity contribution >= 4 is 46.3 Å². The number of thiophene rings is 1. The fraction of sp³-hybridized carbons (Fsp3) is 0.174. The summed E-state index contributed by atoms with van der Waals surface area (Å²) in [5.74, 6) is -0.576. The smallest absolute Gasteiger partial charge is 0.268 e. The van der Waals surface area contributed by atoms with E-state index in [2.05, 4.69) is 0 Å². The zero-order valence-corrected chi connectivity index (χ0v) is 17.7. The van der Waals surface area contributed by atoms with Gasteiger partial charge in [-0.2, -0.15) is 0 Å². The number of imide groups is 1. The van der Waals surface area contributed by atoms with E-state index in [9.17, 15) is 14.4 Å². The Balaban J connectivity index is 1.41. The first-order valence-electron chi connectivity index (χ1n) is 9.62. The molecule has 152 valence electrons. The molecule has 0 spiro atoms. The average molecular weight is 439 g/mol. The largest absolute Gasteiger partial charge is 0.308 e. The van der Waals surface area contributed by atoms with E-state index in [-0.39, 0.29) is 17.7 Å². The SMILES string of the molecule is O=C1c2ccccc2C(=O)N1CCCCN(C(=O)c1cccs1)c1ccc(Cl)cc1. The van der Waals surface area contributed by atoms with E-state index in [4.69, 9.17) is 11.6 Å². The molecular weight excluding hydrogens is 420 g/mol. The van der Waals surface area contributed by atoms with Crippen molar-refractivity contribution in [3.8, 4) is 0 Å². The van der Waals surface area contributed by atoms with Gasteiger partial charge in [-0.1, -0.05) is 29.8 Å². The van der Waals surface area contributed by atoms with Crippen molar-refractivity contribution in [2.24, 2.45) is 0 Å². The van der Waals surface area contributed by atoms with Crippen LogP contribution in [0.25, 0.3) is 0 Å². The Labute approximate surface area is 183 Å². The molecule has 30 heavy (non-hydrogen) atoms. The maximum absolute atomic E-state index is 13.0. The highest BCUT2D eigenvalue weighted by Gasteiger charge is 2.34. The Morgan fingerprint density at radius 2 is 1.57 bits per heavy atom. The number of carbonyl (C=O) groups is 3. The van der Waals surface area contributed by atoms with Crippen LogP contribution in [0.3, 0.4) is 0 Å². The van der Waals surface area contributed by atoms with Crippen molar-refractivity contribution in [3.05, 3.63) is 87.1 Å². The molecule has 0 aliphatic carbocycles. The van der Waals surface area contributed by atoms with E-state index < -0.39 is 0 Å². The number of benzene rings is 2. The van der Waals surface area contributed by atoms with Gasteiger partial charge in [-0.15, -0.1) is 11.3 Å². The second kappa shape index (κ2) is 8.81. The van der Waals surface area contributed by atoms with Crippen LogP contribution in [0.15, 0.2) is 66.0 Å². The Kier molecular flexibility index (Phi) is 5.97. The highest BCUT2D eigenvalue weighted by molar-refractivity contribution is 7.12. The standard InChI is InChI=1S/C23H19ClN2O3S/c24-16-9-11-17(12-10-16)25(23(29)20-8-5-15-30-20)13-3-4-14-26-21(27)18-6-1-2-7-19(18)22(26)28/h1-2,5-12,15H,3-4,13-14H2. The van der Waals surface area contributed by atoms with Gasteiger partial charge in [-0.3, -0.25) is 19.3 Å². The Hall–Kier alpha value is -2.96. The Morgan fingerprint density at radius 1 is 0.900 bits per heavy atom. The molecular formula is C23H19ClN2O3S. The molecule has 1 aromatic heterocycles. The van der Waals surface area contributed by atoms with Gasteiger partial charge in [-0.25, -0.2) is 0 Å². The van der Waals surface area contributed by atoms with Crippen molar-refractivity contribution in [2.75, 3.05) is 18.0 Å². The summed E-state index contributed by atoms with van der Waals surface area (Å²) in [6.07, 6.45) is 1.25. The summed E-state index contributed by atoms with van der Waals surface area (Å²) in [5, 5.41) is 2.48. The van der Waals surface area contributed by atoms with Gasteiger partial charge in [0.15, 0.2) is 0 Å². The molecule has 0 saturated heterocycles. The van der Waals surface area contributed by atoms with Crippen molar-refractivity contribution in [2.45, 2.75) is 12.8 Å². The number of amides is 3. The normalized spacial score (nSPS) is 12.9. The first-order valence-corrected chi connectivity index (χ1v) is 10.9. The zero-order chi connectivity index (χ0) is 21.1. The highest BCUT2D eigenvalue weighted by Crippen LogP contribution is 2.24. The number of rotatable bonds is 7. The molecule has 0 atom stereocenters. The summed E-state index contributed by atoms with van der Waals surface area (Å²) in [7, 11) is 0. The molecule has 2 heterocycles. The number of fused-ring (bicyclic) bond motifs is 1. The summed E-state index contributed by atoms with van der Waals surface area (Å²) >= 11 is 7.39. The van der Waals surface area contributed by atoms with Crippen LogP contribution in [0.2, 0.25) is 5.02 Å². The molecule has 7 heteroatoms. The molecule has 1 aliphatic heterocycles. The predicted molar refractivity (Wildman–Crippen MR) is 118 cm³/mol. The molecule has 5 nitrogen and oxygen atoms in total. The molecule has 0 bridgehead atoms. The number of unbranched alkanes of at least 4 members (excludes halogenated alkanes) is 1. The fourth-order valence-corrected chi connectivity index (χ4v) is 4.28. The topological polar surface area (TPSA) is 57.7 Å². The van der Waals surface area contributed by atoms with Crippen LogP contribution in [-0.2, 0) is 0 Å². The molecule has 3 amide bonds. The first kappa shape index (κ1) is 20.3. The van der Waals surface area contributed by atoms with Crippen LogP contribution in [0, 0.1) is 0 Å². The minimum atomic E-state index is -0.250. The van der Waals surface area contributed by atoms with E-state index in [0.717, 1.165) is 5.69 Å². The molecule has 4 rings (SSSR count). The summed E-state index contributed by atoms with van der Waals surface area (Å²) < 4.78 is 0. The van der Waals surface area contributed by atoms with Crippen LogP contribution in [0.5, 0.6) is 0 Å². The third kappa shape index (κ3) is 4.01. The van der Waals surface area contributed by atoms with Gasteiger partial charge in [0, 0.05) is 23.8 Å². The Bertz CT molecular complexity index is 1050. The second-order valence-electron chi connectivity index (χ2n) is 6.93. The van der Waals surface area contributed by atoms with Gasteiger partial charge in [0.2, 0.25) is 0 Å². The lowest BCUT2D eigenvalue weighted by Gasteiger charge is -2.23. The van der Waals surface area contributed by atoms with Gasteiger partial charge in [0.05, 0.1) is 16.0 Å². The van der Waals surface area contributed by atoms with Crippen LogP contribution in [-0.4, -0.2) is 35.7 Å². The molecule has 1 aliphatic rings. The van der Waals surface area contributed by atoms with E-state index in [1.807, 2.05) is 23.6 Å². The molecule has 0 radical (unpaired) electrons. The van der Waals surface area contributed by atoms with Crippen molar-refractivity contribution in [3.63, 3.8) is 0 Å². The average Bonchev–Trinajstić information content (AvgIpc) is 3.38. The summed E-state index contributed by atoms with van der Waals surface area (Å²) in [6.45, 7) is 0.801. The summed E-state index contributed by atoms with van der Waals surface area (Å²) in [4.78, 5) is 41.6. The van der Waals surface area contributed by atoms with E-state index in [0.29, 0.717) is 47.0 Å². The summed E-state index contributed by atoms with van der Waals surface area (Å²) in [6, 6.07) is 17.7.